The minimum atomic E-state index is -0.0615. The molecule has 8 nitrogen and oxygen atoms in total. The molecule has 1 saturated heterocycles. The highest BCUT2D eigenvalue weighted by Gasteiger charge is 2.28. The Balaban J connectivity index is 1.39. The number of amides is 2. The summed E-state index contributed by atoms with van der Waals surface area (Å²) < 4.78 is 13.2. The maximum absolute atomic E-state index is 13.0. The first-order valence-corrected chi connectivity index (χ1v) is 11.2. The number of carbonyl (C=O) groups is 2. The van der Waals surface area contributed by atoms with Crippen LogP contribution in [0.2, 0.25) is 0 Å². The van der Waals surface area contributed by atoms with Gasteiger partial charge in [-0.2, -0.15) is 5.10 Å². The zero-order chi connectivity index (χ0) is 21.8. The largest absolute Gasteiger partial charge is 0.490 e. The molecule has 1 fully saturated rings. The molecule has 3 heterocycles. The number of aryl methyl sites for hydroxylation is 2. The molecule has 0 N–H and O–H groups in total. The molecule has 2 aromatic rings. The molecule has 2 amide bonds. The number of carbonyl (C=O) groups excluding carboxylic acids is 2. The Labute approximate surface area is 182 Å². The van der Waals surface area contributed by atoms with E-state index in [1.54, 1.807) is 28.0 Å². The summed E-state index contributed by atoms with van der Waals surface area (Å²) in [5.41, 5.74) is 2.22. The third kappa shape index (κ3) is 4.52. The van der Waals surface area contributed by atoms with Crippen LogP contribution in [0.25, 0.3) is 0 Å². The van der Waals surface area contributed by atoms with E-state index in [9.17, 15) is 9.59 Å². The monoisotopic (exact) mass is 426 g/mol. The normalized spacial score (nSPS) is 16.1. The minimum Gasteiger partial charge on any atom is -0.490 e. The van der Waals surface area contributed by atoms with Gasteiger partial charge in [-0.3, -0.25) is 14.3 Å². The summed E-state index contributed by atoms with van der Waals surface area (Å²) in [5.74, 6) is 1.11. The summed E-state index contributed by atoms with van der Waals surface area (Å²) >= 11 is 0. The van der Waals surface area contributed by atoms with E-state index in [2.05, 4.69) is 5.10 Å². The molecule has 0 bridgehead atoms. The molecule has 8 heteroatoms. The van der Waals surface area contributed by atoms with Crippen LogP contribution < -0.4 is 9.47 Å². The van der Waals surface area contributed by atoms with Crippen molar-refractivity contribution in [2.24, 2.45) is 0 Å². The predicted octanol–water partition coefficient (Wildman–Crippen LogP) is 2.62. The molecular formula is C23H30N4O4. The van der Waals surface area contributed by atoms with Gasteiger partial charge in [0.2, 0.25) is 0 Å². The molecule has 1 aromatic carbocycles. The van der Waals surface area contributed by atoms with E-state index in [4.69, 9.17) is 9.47 Å². The fraction of sp³-hybridized carbons (Fsp3) is 0.522. The van der Waals surface area contributed by atoms with Gasteiger partial charge in [-0.05, 0) is 57.4 Å². The summed E-state index contributed by atoms with van der Waals surface area (Å²) in [7, 11) is 0. The highest BCUT2D eigenvalue weighted by Crippen LogP contribution is 2.29. The number of nitrogens with zero attached hydrogens (tertiary/aromatic N) is 4. The van der Waals surface area contributed by atoms with Crippen molar-refractivity contribution in [1.29, 1.82) is 0 Å². The third-order valence-corrected chi connectivity index (χ3v) is 5.78. The van der Waals surface area contributed by atoms with Crippen molar-refractivity contribution >= 4 is 11.8 Å². The van der Waals surface area contributed by atoms with Crippen LogP contribution in [-0.4, -0.2) is 70.8 Å². The van der Waals surface area contributed by atoms with Crippen molar-refractivity contribution in [3.8, 4) is 11.5 Å². The number of piperazine rings is 1. The van der Waals surface area contributed by atoms with Crippen molar-refractivity contribution < 1.29 is 19.1 Å². The third-order valence-electron chi connectivity index (χ3n) is 5.78. The maximum Gasteiger partial charge on any atom is 0.274 e. The number of benzene rings is 1. The Morgan fingerprint density at radius 2 is 1.55 bits per heavy atom. The summed E-state index contributed by atoms with van der Waals surface area (Å²) in [6.45, 7) is 7.72. The zero-order valence-electron chi connectivity index (χ0n) is 18.3. The van der Waals surface area contributed by atoms with E-state index < -0.39 is 0 Å². The van der Waals surface area contributed by atoms with E-state index in [-0.39, 0.29) is 11.8 Å². The number of fused-ring (bicyclic) bond motifs is 1. The van der Waals surface area contributed by atoms with E-state index in [1.807, 2.05) is 24.6 Å². The molecule has 0 radical (unpaired) electrons. The number of hydrogen-bond acceptors (Lipinski definition) is 5. The molecule has 31 heavy (non-hydrogen) atoms. The first-order chi connectivity index (χ1) is 15.1. The number of rotatable bonds is 6. The quantitative estimate of drug-likeness (QED) is 0.710. The first-order valence-electron chi connectivity index (χ1n) is 11.2. The summed E-state index contributed by atoms with van der Waals surface area (Å²) in [6.07, 6.45) is 3.24. The fourth-order valence-corrected chi connectivity index (χ4v) is 4.16. The fourth-order valence-electron chi connectivity index (χ4n) is 4.16. The van der Waals surface area contributed by atoms with Gasteiger partial charge < -0.3 is 19.3 Å². The van der Waals surface area contributed by atoms with E-state index >= 15 is 0 Å². The van der Waals surface area contributed by atoms with Crippen LogP contribution in [0.4, 0.5) is 0 Å². The second kappa shape index (κ2) is 9.41. The number of aromatic nitrogens is 2. The number of hydrogen-bond donors (Lipinski definition) is 0. The molecule has 1 aromatic heterocycles. The van der Waals surface area contributed by atoms with Crippen LogP contribution in [0.15, 0.2) is 24.3 Å². The molecule has 0 atom stereocenters. The summed E-state index contributed by atoms with van der Waals surface area (Å²) in [5, 5.41) is 4.50. The average molecular weight is 427 g/mol. The molecule has 0 spiro atoms. The Hall–Kier alpha value is -3.03. The predicted molar refractivity (Wildman–Crippen MR) is 116 cm³/mol. The first kappa shape index (κ1) is 21.2. The Bertz CT molecular complexity index is 924. The van der Waals surface area contributed by atoms with Crippen LogP contribution in [0.3, 0.4) is 0 Å². The molecule has 0 aliphatic carbocycles. The number of ether oxygens (including phenoxy) is 2. The van der Waals surface area contributed by atoms with Gasteiger partial charge in [-0.1, -0.05) is 0 Å². The second-order valence-corrected chi connectivity index (χ2v) is 7.81. The van der Waals surface area contributed by atoms with Gasteiger partial charge in [-0.15, -0.1) is 0 Å². The minimum absolute atomic E-state index is 0.0475. The smallest absolute Gasteiger partial charge is 0.274 e. The van der Waals surface area contributed by atoms with Gasteiger partial charge in [-0.25, -0.2) is 0 Å². The van der Waals surface area contributed by atoms with Crippen LogP contribution in [0, 0.1) is 0 Å². The van der Waals surface area contributed by atoms with Crippen LogP contribution >= 0.6 is 0 Å². The van der Waals surface area contributed by atoms with Crippen LogP contribution in [0.1, 0.15) is 53.2 Å². The van der Waals surface area contributed by atoms with Crippen molar-refractivity contribution in [2.75, 3.05) is 39.4 Å². The van der Waals surface area contributed by atoms with E-state index in [1.165, 1.54) is 0 Å². The Morgan fingerprint density at radius 1 is 0.871 bits per heavy atom. The van der Waals surface area contributed by atoms with Gasteiger partial charge >= 0.3 is 0 Å². The van der Waals surface area contributed by atoms with Gasteiger partial charge in [0.1, 0.15) is 0 Å². The maximum atomic E-state index is 13.0. The topological polar surface area (TPSA) is 76.9 Å². The lowest BCUT2D eigenvalue weighted by Crippen LogP contribution is -2.50. The highest BCUT2D eigenvalue weighted by molar-refractivity contribution is 5.96. The van der Waals surface area contributed by atoms with Crippen molar-refractivity contribution in [1.82, 2.24) is 19.6 Å². The zero-order valence-corrected chi connectivity index (χ0v) is 18.3. The molecule has 4 rings (SSSR count). The van der Waals surface area contributed by atoms with Gasteiger partial charge in [0.25, 0.3) is 11.8 Å². The molecule has 0 saturated carbocycles. The highest BCUT2D eigenvalue weighted by atomic mass is 16.5. The second-order valence-electron chi connectivity index (χ2n) is 7.81. The Kier molecular flexibility index (Phi) is 6.44. The van der Waals surface area contributed by atoms with E-state index in [0.717, 1.165) is 31.5 Å². The van der Waals surface area contributed by atoms with Crippen molar-refractivity contribution in [3.63, 3.8) is 0 Å². The standard InChI is InChI=1S/C23H30N4O4/c1-3-30-20-9-8-17(15-21(20)31-4-2)22(28)25-11-13-26(14-12-25)23(29)19-16-18-7-5-6-10-27(18)24-19/h8-9,15-16H,3-7,10-14H2,1-2H3. The van der Waals surface area contributed by atoms with Gasteiger partial charge in [0.15, 0.2) is 17.2 Å². The Morgan fingerprint density at radius 3 is 2.23 bits per heavy atom. The van der Waals surface area contributed by atoms with Crippen molar-refractivity contribution in [2.45, 2.75) is 39.7 Å². The van der Waals surface area contributed by atoms with Gasteiger partial charge in [0.05, 0.1) is 13.2 Å². The van der Waals surface area contributed by atoms with Gasteiger partial charge in [0, 0.05) is 44.0 Å². The molecular weight excluding hydrogens is 396 g/mol. The average Bonchev–Trinajstić information content (AvgIpc) is 3.24. The SMILES string of the molecule is CCOc1ccc(C(=O)N2CCN(C(=O)c3cc4n(n3)CCCC4)CC2)cc1OCC. The van der Waals surface area contributed by atoms with E-state index in [0.29, 0.717) is 62.1 Å². The van der Waals surface area contributed by atoms with Crippen LogP contribution in [-0.2, 0) is 13.0 Å². The molecule has 2 aliphatic heterocycles. The summed E-state index contributed by atoms with van der Waals surface area (Å²) in [4.78, 5) is 29.5. The molecule has 2 aliphatic rings. The molecule has 166 valence electrons. The lowest BCUT2D eigenvalue weighted by atomic mass is 10.1. The lowest BCUT2D eigenvalue weighted by molar-refractivity contribution is 0.0531. The summed E-state index contributed by atoms with van der Waals surface area (Å²) in [6, 6.07) is 7.21. The van der Waals surface area contributed by atoms with Crippen LogP contribution in [0.5, 0.6) is 11.5 Å². The molecule has 0 unspecified atom stereocenters. The lowest BCUT2D eigenvalue weighted by Gasteiger charge is -2.34. The van der Waals surface area contributed by atoms with Crippen molar-refractivity contribution in [3.05, 3.63) is 41.2 Å².